The van der Waals surface area contributed by atoms with Gasteiger partial charge in [0.05, 0.1) is 23.2 Å². The number of ether oxygens (including phenoxy) is 2. The van der Waals surface area contributed by atoms with Crippen molar-refractivity contribution >= 4 is 17.0 Å². The Morgan fingerprint density at radius 1 is 1.03 bits per heavy atom. The Morgan fingerprint density at radius 3 is 2.71 bits per heavy atom. The summed E-state index contributed by atoms with van der Waals surface area (Å²) in [5.41, 5.74) is 3.44. The summed E-state index contributed by atoms with van der Waals surface area (Å²) < 4.78 is 12.4. The molecule has 2 aliphatic heterocycles. The molecule has 0 unspecified atom stereocenters. The average molecular weight is 433 g/mol. The molecular weight excluding hydrogens is 404 g/mol. The van der Waals surface area contributed by atoms with Crippen LogP contribution in [-0.4, -0.2) is 17.3 Å². The maximum Gasteiger partial charge on any atom is 0.213 e. The molecule has 0 saturated carbocycles. The molecule has 4 nitrogen and oxygen atoms in total. The molecule has 0 saturated heterocycles. The molecule has 2 aromatic carbocycles. The zero-order chi connectivity index (χ0) is 21.0. The molecule has 160 valence electrons. The maximum absolute atomic E-state index is 6.44. The van der Waals surface area contributed by atoms with Crippen LogP contribution < -0.4 is 9.47 Å². The van der Waals surface area contributed by atoms with Crippen molar-refractivity contribution in [2.24, 2.45) is 5.10 Å². The van der Waals surface area contributed by atoms with Crippen molar-refractivity contribution in [2.75, 3.05) is 6.61 Å². The SMILES string of the molecule is CCCCCCOc1ccc([C@@H]2Oc3ccccc3[C@@H]3CC(c4cccs4)=NN32)cc1. The summed E-state index contributed by atoms with van der Waals surface area (Å²) in [5, 5.41) is 9.26. The van der Waals surface area contributed by atoms with E-state index in [4.69, 9.17) is 14.6 Å². The molecule has 0 bridgehead atoms. The molecule has 0 fully saturated rings. The van der Waals surface area contributed by atoms with Gasteiger partial charge in [0.15, 0.2) is 0 Å². The number of fused-ring (bicyclic) bond motifs is 3. The highest BCUT2D eigenvalue weighted by Crippen LogP contribution is 2.47. The summed E-state index contributed by atoms with van der Waals surface area (Å²) in [6.07, 6.45) is 5.51. The van der Waals surface area contributed by atoms with Gasteiger partial charge in [-0.2, -0.15) is 5.10 Å². The van der Waals surface area contributed by atoms with Gasteiger partial charge in [-0.15, -0.1) is 11.3 Å². The van der Waals surface area contributed by atoms with Gasteiger partial charge in [-0.1, -0.05) is 50.5 Å². The first-order valence-corrected chi connectivity index (χ1v) is 12.1. The molecule has 31 heavy (non-hydrogen) atoms. The average Bonchev–Trinajstić information content (AvgIpc) is 3.49. The number of thiophene rings is 1. The zero-order valence-electron chi connectivity index (χ0n) is 17.9. The van der Waals surface area contributed by atoms with E-state index in [1.54, 1.807) is 11.3 Å². The molecule has 5 rings (SSSR count). The number of para-hydroxylation sites is 1. The standard InChI is InChI=1S/C26H28N2O2S/c1-2-3-4-7-16-29-20-14-12-19(13-15-20)26-28-23(21-9-5-6-10-24(21)30-26)18-22(27-28)25-11-8-17-31-25/h5-6,8-15,17,23,26H,2-4,7,16,18H2,1H3/t23-,26-/m0/s1. The van der Waals surface area contributed by atoms with E-state index >= 15 is 0 Å². The maximum atomic E-state index is 6.44. The van der Waals surface area contributed by atoms with Crippen molar-refractivity contribution < 1.29 is 9.47 Å². The van der Waals surface area contributed by atoms with E-state index in [1.807, 2.05) is 18.2 Å². The van der Waals surface area contributed by atoms with Gasteiger partial charge in [-0.3, -0.25) is 0 Å². The third-order valence-corrected chi connectivity index (χ3v) is 6.86. The fourth-order valence-corrected chi connectivity index (χ4v) is 5.01. The van der Waals surface area contributed by atoms with E-state index in [0.29, 0.717) is 0 Å². The van der Waals surface area contributed by atoms with E-state index < -0.39 is 0 Å². The molecule has 2 atom stereocenters. The van der Waals surface area contributed by atoms with Crippen LogP contribution in [0.4, 0.5) is 0 Å². The first-order chi connectivity index (χ1) is 15.3. The first-order valence-electron chi connectivity index (χ1n) is 11.2. The van der Waals surface area contributed by atoms with Gasteiger partial charge < -0.3 is 9.47 Å². The topological polar surface area (TPSA) is 34.1 Å². The van der Waals surface area contributed by atoms with Crippen LogP contribution in [0.1, 0.15) is 67.3 Å². The number of hydrogen-bond acceptors (Lipinski definition) is 5. The Hall–Kier alpha value is -2.79. The third-order valence-electron chi connectivity index (χ3n) is 5.94. The van der Waals surface area contributed by atoms with E-state index in [2.05, 4.69) is 59.8 Å². The minimum Gasteiger partial charge on any atom is -0.494 e. The van der Waals surface area contributed by atoms with Gasteiger partial charge in [-0.25, -0.2) is 5.01 Å². The van der Waals surface area contributed by atoms with Crippen molar-refractivity contribution in [1.82, 2.24) is 5.01 Å². The van der Waals surface area contributed by atoms with E-state index in [1.165, 1.54) is 29.7 Å². The van der Waals surface area contributed by atoms with Gasteiger partial charge in [0.25, 0.3) is 0 Å². The molecular formula is C26H28N2O2S. The molecule has 0 N–H and O–H groups in total. The van der Waals surface area contributed by atoms with Crippen LogP contribution in [0.3, 0.4) is 0 Å². The van der Waals surface area contributed by atoms with Crippen LogP contribution in [0.15, 0.2) is 71.1 Å². The highest BCUT2D eigenvalue weighted by atomic mass is 32.1. The lowest BCUT2D eigenvalue weighted by Gasteiger charge is -2.38. The van der Waals surface area contributed by atoms with Gasteiger partial charge in [-0.05, 0) is 48.2 Å². The second-order valence-corrected chi connectivity index (χ2v) is 9.06. The number of hydrazone groups is 1. The van der Waals surface area contributed by atoms with Crippen LogP contribution in [-0.2, 0) is 0 Å². The summed E-state index contributed by atoms with van der Waals surface area (Å²) in [5.74, 6) is 1.87. The van der Waals surface area contributed by atoms with Crippen molar-refractivity contribution in [1.29, 1.82) is 0 Å². The number of rotatable bonds is 8. The van der Waals surface area contributed by atoms with Gasteiger partial charge in [0, 0.05) is 17.5 Å². The van der Waals surface area contributed by atoms with Gasteiger partial charge >= 0.3 is 0 Å². The minimum absolute atomic E-state index is 0.196. The number of nitrogens with zero attached hydrogens (tertiary/aromatic N) is 2. The third kappa shape index (κ3) is 4.19. The molecule has 0 spiro atoms. The quantitative estimate of drug-likeness (QED) is 0.361. The van der Waals surface area contributed by atoms with E-state index in [9.17, 15) is 0 Å². The predicted octanol–water partition coefficient (Wildman–Crippen LogP) is 6.95. The molecule has 2 aliphatic rings. The Kier molecular flexibility index (Phi) is 5.94. The lowest BCUT2D eigenvalue weighted by atomic mass is 9.98. The Morgan fingerprint density at radius 2 is 1.90 bits per heavy atom. The largest absolute Gasteiger partial charge is 0.494 e. The van der Waals surface area contributed by atoms with Crippen LogP contribution in [0.5, 0.6) is 11.5 Å². The molecule has 0 radical (unpaired) electrons. The highest BCUT2D eigenvalue weighted by Gasteiger charge is 2.40. The van der Waals surface area contributed by atoms with E-state index in [-0.39, 0.29) is 12.3 Å². The minimum atomic E-state index is -0.240. The Bertz CT molecular complexity index is 1030. The molecule has 0 aliphatic carbocycles. The molecule has 3 heterocycles. The van der Waals surface area contributed by atoms with Crippen LogP contribution in [0, 0.1) is 0 Å². The molecule has 3 aromatic rings. The number of hydrogen-bond donors (Lipinski definition) is 0. The molecule has 1 aromatic heterocycles. The van der Waals surface area contributed by atoms with Gasteiger partial charge in [0.1, 0.15) is 11.5 Å². The number of benzene rings is 2. The fraction of sp³-hybridized carbons (Fsp3) is 0.346. The zero-order valence-corrected chi connectivity index (χ0v) is 18.7. The summed E-state index contributed by atoms with van der Waals surface area (Å²) in [6, 6.07) is 21.1. The highest BCUT2D eigenvalue weighted by molar-refractivity contribution is 7.12. The van der Waals surface area contributed by atoms with Crippen LogP contribution in [0.2, 0.25) is 0 Å². The van der Waals surface area contributed by atoms with Gasteiger partial charge in [0.2, 0.25) is 6.23 Å². The smallest absolute Gasteiger partial charge is 0.213 e. The van der Waals surface area contributed by atoms with Crippen molar-refractivity contribution in [3.05, 3.63) is 82.0 Å². The summed E-state index contributed by atoms with van der Waals surface area (Å²) >= 11 is 1.74. The second kappa shape index (κ2) is 9.15. The first kappa shape index (κ1) is 20.1. The normalized spacial score (nSPS) is 19.4. The summed E-state index contributed by atoms with van der Waals surface area (Å²) in [7, 11) is 0. The lowest BCUT2D eigenvalue weighted by Crippen LogP contribution is -2.33. The van der Waals surface area contributed by atoms with E-state index in [0.717, 1.165) is 42.2 Å². The number of unbranched alkanes of at least 4 members (excludes halogenated alkanes) is 3. The monoisotopic (exact) mass is 432 g/mol. The van der Waals surface area contributed by atoms with Crippen molar-refractivity contribution in [3.8, 4) is 11.5 Å². The molecule has 0 amide bonds. The Balaban J connectivity index is 1.37. The summed E-state index contributed by atoms with van der Waals surface area (Å²) in [6.45, 7) is 3.00. The predicted molar refractivity (Wildman–Crippen MR) is 126 cm³/mol. The fourth-order valence-electron chi connectivity index (χ4n) is 4.29. The van der Waals surface area contributed by atoms with Crippen LogP contribution in [0.25, 0.3) is 0 Å². The summed E-state index contributed by atoms with van der Waals surface area (Å²) in [4.78, 5) is 1.23. The van der Waals surface area contributed by atoms with Crippen molar-refractivity contribution in [3.63, 3.8) is 0 Å². The van der Waals surface area contributed by atoms with Crippen LogP contribution >= 0.6 is 11.3 Å². The van der Waals surface area contributed by atoms with Crippen molar-refractivity contribution in [2.45, 2.75) is 51.3 Å². The second-order valence-electron chi connectivity index (χ2n) is 8.11. The Labute approximate surface area is 188 Å². The molecule has 5 heteroatoms. The lowest BCUT2D eigenvalue weighted by molar-refractivity contribution is -0.0190.